The quantitative estimate of drug-likeness (QED) is 0.845. The maximum atomic E-state index is 10.2. The van der Waals surface area contributed by atoms with Gasteiger partial charge in [-0.2, -0.15) is 0 Å². The van der Waals surface area contributed by atoms with Crippen LogP contribution in [-0.4, -0.2) is 42.8 Å². The Kier molecular flexibility index (Phi) is 6.22. The van der Waals surface area contributed by atoms with E-state index in [4.69, 9.17) is 0 Å². The summed E-state index contributed by atoms with van der Waals surface area (Å²) in [7, 11) is 4.19. The zero-order chi connectivity index (χ0) is 15.2. The first-order chi connectivity index (χ1) is 10.1. The Bertz CT molecular complexity index is 409. The highest BCUT2D eigenvalue weighted by Crippen LogP contribution is 2.26. The van der Waals surface area contributed by atoms with Crippen LogP contribution in [0, 0.1) is 5.92 Å². The highest BCUT2D eigenvalue weighted by molar-refractivity contribution is 5.19. The van der Waals surface area contributed by atoms with E-state index in [1.807, 2.05) is 7.05 Å². The lowest BCUT2D eigenvalue weighted by molar-refractivity contribution is 0.0244. The molecule has 2 N–H and O–H groups in total. The molecule has 0 spiro atoms. The molecule has 0 radical (unpaired) electrons. The molecule has 4 unspecified atom stereocenters. The van der Waals surface area contributed by atoms with E-state index < -0.39 is 0 Å². The Morgan fingerprint density at radius 2 is 1.90 bits per heavy atom. The van der Waals surface area contributed by atoms with Gasteiger partial charge in [0.15, 0.2) is 0 Å². The van der Waals surface area contributed by atoms with E-state index in [1.54, 1.807) is 0 Å². The van der Waals surface area contributed by atoms with Gasteiger partial charge in [0.05, 0.1) is 6.10 Å². The van der Waals surface area contributed by atoms with Crippen molar-refractivity contribution in [2.45, 2.75) is 50.8 Å². The Morgan fingerprint density at radius 1 is 1.24 bits per heavy atom. The second-order valence-corrected chi connectivity index (χ2v) is 6.51. The summed E-state index contributed by atoms with van der Waals surface area (Å²) in [5.74, 6) is 0.497. The predicted molar refractivity (Wildman–Crippen MR) is 88.3 cm³/mol. The summed E-state index contributed by atoms with van der Waals surface area (Å²) in [6, 6.07) is 11.3. The van der Waals surface area contributed by atoms with E-state index in [2.05, 4.69) is 54.5 Å². The molecule has 2 rings (SSSR count). The zero-order valence-electron chi connectivity index (χ0n) is 13.6. The van der Waals surface area contributed by atoms with Crippen LogP contribution in [0.4, 0.5) is 0 Å². The Balaban J connectivity index is 1.97. The number of likely N-dealkylation sites (N-methyl/N-ethyl adjacent to an activating group) is 1. The largest absolute Gasteiger partial charge is 0.391 e. The fourth-order valence-corrected chi connectivity index (χ4v) is 3.74. The van der Waals surface area contributed by atoms with Gasteiger partial charge in [0.25, 0.3) is 0 Å². The van der Waals surface area contributed by atoms with E-state index in [0.717, 1.165) is 19.4 Å². The first kappa shape index (κ1) is 16.5. The van der Waals surface area contributed by atoms with E-state index >= 15 is 0 Å². The molecular weight excluding hydrogens is 260 g/mol. The topological polar surface area (TPSA) is 35.5 Å². The molecule has 0 saturated heterocycles. The third kappa shape index (κ3) is 4.29. The Morgan fingerprint density at radius 3 is 2.52 bits per heavy atom. The molecular formula is C18H30N2O. The number of nitrogens with zero attached hydrogens (tertiary/aromatic N) is 1. The summed E-state index contributed by atoms with van der Waals surface area (Å²) in [4.78, 5) is 2.36. The summed E-state index contributed by atoms with van der Waals surface area (Å²) in [5.41, 5.74) is 1.34. The second-order valence-electron chi connectivity index (χ2n) is 6.51. The number of aliphatic hydroxyl groups is 1. The van der Waals surface area contributed by atoms with Crippen molar-refractivity contribution < 1.29 is 5.11 Å². The number of hydrogen-bond donors (Lipinski definition) is 2. The molecule has 3 nitrogen and oxygen atoms in total. The van der Waals surface area contributed by atoms with Crippen LogP contribution >= 0.6 is 0 Å². The molecule has 0 bridgehead atoms. The highest BCUT2D eigenvalue weighted by Gasteiger charge is 2.28. The first-order valence-electron chi connectivity index (χ1n) is 8.24. The maximum absolute atomic E-state index is 10.2. The minimum absolute atomic E-state index is 0.152. The number of nitrogens with one attached hydrogen (secondary N) is 1. The number of rotatable bonds is 6. The Hall–Kier alpha value is -0.900. The summed E-state index contributed by atoms with van der Waals surface area (Å²) >= 11 is 0. The molecule has 0 amide bonds. The number of benzene rings is 1. The van der Waals surface area contributed by atoms with Crippen LogP contribution in [0.3, 0.4) is 0 Å². The van der Waals surface area contributed by atoms with Crippen LogP contribution in [0.15, 0.2) is 30.3 Å². The standard InChI is InChI=1S/C18H30N2O/c1-14(18(19-2)15-9-5-4-6-10-15)13-20(3)16-11-7-8-12-17(16)21/h4-6,9-10,14,16-19,21H,7-8,11-13H2,1-3H3. The van der Waals surface area contributed by atoms with E-state index in [9.17, 15) is 5.11 Å². The molecule has 1 aliphatic rings. The highest BCUT2D eigenvalue weighted by atomic mass is 16.3. The van der Waals surface area contributed by atoms with E-state index in [0.29, 0.717) is 18.0 Å². The Labute approximate surface area is 129 Å². The second kappa shape index (κ2) is 7.92. The first-order valence-corrected chi connectivity index (χ1v) is 8.24. The molecule has 1 aliphatic carbocycles. The monoisotopic (exact) mass is 290 g/mol. The van der Waals surface area contributed by atoms with Crippen LogP contribution in [0.5, 0.6) is 0 Å². The fourth-order valence-electron chi connectivity index (χ4n) is 3.74. The average molecular weight is 290 g/mol. The van der Waals surface area contributed by atoms with Crippen LogP contribution < -0.4 is 5.32 Å². The lowest BCUT2D eigenvalue weighted by Gasteiger charge is -2.38. The SMILES string of the molecule is CNC(c1ccccc1)C(C)CN(C)C1CCCCC1O. The smallest absolute Gasteiger partial charge is 0.0695 e. The average Bonchev–Trinajstić information content (AvgIpc) is 2.49. The molecule has 4 atom stereocenters. The van der Waals surface area contributed by atoms with Crippen molar-refractivity contribution in [1.82, 2.24) is 10.2 Å². The zero-order valence-corrected chi connectivity index (χ0v) is 13.6. The van der Waals surface area contributed by atoms with E-state index in [1.165, 1.54) is 18.4 Å². The molecule has 0 aliphatic heterocycles. The molecule has 118 valence electrons. The van der Waals surface area contributed by atoms with Crippen molar-refractivity contribution in [3.05, 3.63) is 35.9 Å². The van der Waals surface area contributed by atoms with Gasteiger partial charge >= 0.3 is 0 Å². The predicted octanol–water partition coefficient (Wildman–Crippen LogP) is 2.82. The summed E-state index contributed by atoms with van der Waals surface area (Å²) in [6.07, 6.45) is 4.34. The van der Waals surface area contributed by atoms with Crippen LogP contribution in [0.1, 0.15) is 44.2 Å². The van der Waals surface area contributed by atoms with Crippen molar-refractivity contribution in [3.63, 3.8) is 0 Å². The van der Waals surface area contributed by atoms with Gasteiger partial charge in [-0.05, 0) is 38.4 Å². The molecule has 1 aromatic carbocycles. The molecule has 1 aromatic rings. The van der Waals surface area contributed by atoms with Gasteiger partial charge in [-0.1, -0.05) is 50.1 Å². The molecule has 1 saturated carbocycles. The summed E-state index contributed by atoms with van der Waals surface area (Å²) in [5, 5.41) is 13.7. The molecule has 1 fully saturated rings. The van der Waals surface area contributed by atoms with Crippen molar-refractivity contribution in [2.24, 2.45) is 5.92 Å². The molecule has 3 heteroatoms. The van der Waals surface area contributed by atoms with Crippen LogP contribution in [0.25, 0.3) is 0 Å². The maximum Gasteiger partial charge on any atom is 0.0695 e. The van der Waals surface area contributed by atoms with E-state index in [-0.39, 0.29) is 6.10 Å². The minimum Gasteiger partial charge on any atom is -0.391 e. The third-order valence-corrected chi connectivity index (χ3v) is 4.87. The van der Waals surface area contributed by atoms with Gasteiger partial charge in [0, 0.05) is 18.6 Å². The van der Waals surface area contributed by atoms with Gasteiger partial charge in [-0.25, -0.2) is 0 Å². The van der Waals surface area contributed by atoms with Gasteiger partial charge < -0.3 is 15.3 Å². The lowest BCUT2D eigenvalue weighted by Crippen LogP contribution is -2.46. The van der Waals surface area contributed by atoms with Crippen LogP contribution in [0.2, 0.25) is 0 Å². The normalized spacial score (nSPS) is 25.8. The van der Waals surface area contributed by atoms with Crippen molar-refractivity contribution in [2.75, 3.05) is 20.6 Å². The minimum atomic E-state index is -0.152. The van der Waals surface area contributed by atoms with Gasteiger partial charge in [0.1, 0.15) is 0 Å². The third-order valence-electron chi connectivity index (χ3n) is 4.87. The molecule has 21 heavy (non-hydrogen) atoms. The number of aliphatic hydroxyl groups excluding tert-OH is 1. The summed E-state index contributed by atoms with van der Waals surface area (Å²) < 4.78 is 0. The lowest BCUT2D eigenvalue weighted by atomic mass is 9.89. The number of hydrogen-bond acceptors (Lipinski definition) is 3. The fraction of sp³-hybridized carbons (Fsp3) is 0.667. The van der Waals surface area contributed by atoms with Gasteiger partial charge in [0.2, 0.25) is 0 Å². The molecule has 0 heterocycles. The van der Waals surface area contributed by atoms with Gasteiger partial charge in [-0.3, -0.25) is 0 Å². The molecule has 0 aromatic heterocycles. The van der Waals surface area contributed by atoms with Crippen molar-refractivity contribution in [1.29, 1.82) is 0 Å². The van der Waals surface area contributed by atoms with Gasteiger partial charge in [-0.15, -0.1) is 0 Å². The van der Waals surface area contributed by atoms with Crippen LogP contribution in [-0.2, 0) is 0 Å². The van der Waals surface area contributed by atoms with Crippen molar-refractivity contribution in [3.8, 4) is 0 Å². The van der Waals surface area contributed by atoms with Crippen molar-refractivity contribution >= 4 is 0 Å². The summed E-state index contributed by atoms with van der Waals surface area (Å²) in [6.45, 7) is 3.29.